The first kappa shape index (κ1) is 13.5. The van der Waals surface area contributed by atoms with Crippen LogP contribution in [0.4, 0.5) is 0 Å². The first-order chi connectivity index (χ1) is 8.74. The zero-order valence-corrected chi connectivity index (χ0v) is 12.2. The zero-order chi connectivity index (χ0) is 13.0. The minimum absolute atomic E-state index is 0.159. The molecule has 2 nitrogen and oxygen atoms in total. The Balaban J connectivity index is 2.37. The maximum Gasteiger partial charge on any atom is 0.0640 e. The Kier molecular flexibility index (Phi) is 4.75. The molecular formula is C14H17ClN2S. The Morgan fingerprint density at radius 3 is 2.83 bits per heavy atom. The van der Waals surface area contributed by atoms with Gasteiger partial charge in [0.25, 0.3) is 0 Å². The molecule has 4 heteroatoms. The van der Waals surface area contributed by atoms with Crippen molar-refractivity contribution in [1.82, 2.24) is 10.3 Å². The number of hydrogen-bond acceptors (Lipinski definition) is 3. The van der Waals surface area contributed by atoms with E-state index in [2.05, 4.69) is 35.6 Å². The Labute approximate surface area is 117 Å². The molecule has 2 aromatic heterocycles. The smallest absolute Gasteiger partial charge is 0.0640 e. The maximum atomic E-state index is 6.27. The monoisotopic (exact) mass is 280 g/mol. The van der Waals surface area contributed by atoms with Gasteiger partial charge in [-0.05, 0) is 48.5 Å². The number of hydrogen-bond donors (Lipinski definition) is 1. The van der Waals surface area contributed by atoms with Crippen molar-refractivity contribution >= 4 is 22.9 Å². The van der Waals surface area contributed by atoms with Crippen LogP contribution in [0.25, 0.3) is 0 Å². The molecule has 2 rings (SSSR count). The summed E-state index contributed by atoms with van der Waals surface area (Å²) in [6.07, 6.45) is 4.60. The number of thiophene rings is 1. The fraction of sp³-hybridized carbons (Fsp3) is 0.357. The lowest BCUT2D eigenvalue weighted by molar-refractivity contribution is 0.597. The molecule has 0 radical (unpaired) electrons. The van der Waals surface area contributed by atoms with E-state index in [1.165, 1.54) is 10.4 Å². The summed E-state index contributed by atoms with van der Waals surface area (Å²) < 4.78 is 0. The van der Waals surface area contributed by atoms with Gasteiger partial charge in [0.15, 0.2) is 0 Å². The zero-order valence-electron chi connectivity index (χ0n) is 10.6. The van der Waals surface area contributed by atoms with Crippen molar-refractivity contribution in [3.8, 4) is 0 Å². The minimum atomic E-state index is 0.159. The molecule has 0 aromatic carbocycles. The van der Waals surface area contributed by atoms with E-state index in [1.54, 1.807) is 23.7 Å². The van der Waals surface area contributed by atoms with E-state index in [4.69, 9.17) is 11.6 Å². The van der Waals surface area contributed by atoms with Crippen molar-refractivity contribution in [3.63, 3.8) is 0 Å². The van der Waals surface area contributed by atoms with E-state index < -0.39 is 0 Å². The third kappa shape index (κ3) is 2.91. The fourth-order valence-electron chi connectivity index (χ4n) is 1.99. The lowest BCUT2D eigenvalue weighted by Crippen LogP contribution is -2.23. The van der Waals surface area contributed by atoms with Crippen LogP contribution in [-0.2, 0) is 0 Å². The molecular weight excluding hydrogens is 264 g/mol. The molecule has 0 saturated heterocycles. The van der Waals surface area contributed by atoms with Crippen molar-refractivity contribution in [1.29, 1.82) is 0 Å². The van der Waals surface area contributed by atoms with Gasteiger partial charge < -0.3 is 5.32 Å². The van der Waals surface area contributed by atoms with E-state index in [1.807, 2.05) is 6.07 Å². The predicted molar refractivity (Wildman–Crippen MR) is 78.4 cm³/mol. The van der Waals surface area contributed by atoms with Crippen LogP contribution in [-0.4, -0.2) is 11.5 Å². The highest BCUT2D eigenvalue weighted by Gasteiger charge is 2.18. The average molecular weight is 281 g/mol. The van der Waals surface area contributed by atoms with Crippen molar-refractivity contribution in [2.45, 2.75) is 26.3 Å². The van der Waals surface area contributed by atoms with Crippen molar-refractivity contribution in [2.24, 2.45) is 0 Å². The molecule has 2 aromatic rings. The summed E-state index contributed by atoms with van der Waals surface area (Å²) in [5, 5.41) is 6.41. The first-order valence-corrected chi connectivity index (χ1v) is 7.36. The number of aryl methyl sites for hydroxylation is 1. The summed E-state index contributed by atoms with van der Waals surface area (Å²) in [5.74, 6) is 0. The number of aromatic nitrogens is 1. The molecule has 0 saturated carbocycles. The van der Waals surface area contributed by atoms with Gasteiger partial charge in [0.2, 0.25) is 0 Å². The second-order valence-electron chi connectivity index (χ2n) is 4.22. The number of nitrogens with one attached hydrogen (secondary N) is 1. The van der Waals surface area contributed by atoms with Crippen LogP contribution in [0.5, 0.6) is 0 Å². The van der Waals surface area contributed by atoms with Crippen molar-refractivity contribution < 1.29 is 0 Å². The van der Waals surface area contributed by atoms with Gasteiger partial charge in [-0.3, -0.25) is 4.98 Å². The molecule has 0 amide bonds. The van der Waals surface area contributed by atoms with E-state index >= 15 is 0 Å². The van der Waals surface area contributed by atoms with Crippen molar-refractivity contribution in [2.75, 3.05) is 6.54 Å². The van der Waals surface area contributed by atoms with E-state index in [0.717, 1.165) is 23.6 Å². The summed E-state index contributed by atoms with van der Waals surface area (Å²) in [4.78, 5) is 5.38. The summed E-state index contributed by atoms with van der Waals surface area (Å²) in [6, 6.07) is 4.32. The van der Waals surface area contributed by atoms with E-state index in [-0.39, 0.29) is 6.04 Å². The highest BCUT2D eigenvalue weighted by atomic mass is 35.5. The largest absolute Gasteiger partial charge is 0.306 e. The van der Waals surface area contributed by atoms with Gasteiger partial charge in [-0.2, -0.15) is 0 Å². The molecule has 1 atom stereocenters. The maximum absolute atomic E-state index is 6.27. The first-order valence-electron chi connectivity index (χ1n) is 6.10. The molecule has 0 fully saturated rings. The van der Waals surface area contributed by atoms with E-state index in [0.29, 0.717) is 0 Å². The Hall–Kier alpha value is -0.900. The van der Waals surface area contributed by atoms with Crippen LogP contribution in [0.2, 0.25) is 5.02 Å². The molecule has 0 aliphatic rings. The highest BCUT2D eigenvalue weighted by molar-refractivity contribution is 7.10. The summed E-state index contributed by atoms with van der Waals surface area (Å²) in [5.41, 5.74) is 2.41. The lowest BCUT2D eigenvalue weighted by Gasteiger charge is -2.20. The quantitative estimate of drug-likeness (QED) is 0.888. The van der Waals surface area contributed by atoms with Crippen molar-refractivity contribution in [3.05, 3.63) is 50.9 Å². The van der Waals surface area contributed by atoms with Crippen LogP contribution in [0.3, 0.4) is 0 Å². The van der Waals surface area contributed by atoms with Crippen LogP contribution in [0.1, 0.15) is 35.4 Å². The molecule has 1 N–H and O–H groups in total. The van der Waals surface area contributed by atoms with Crippen LogP contribution < -0.4 is 5.32 Å². The fourth-order valence-corrected chi connectivity index (χ4v) is 2.96. The van der Waals surface area contributed by atoms with Gasteiger partial charge in [-0.25, -0.2) is 0 Å². The lowest BCUT2D eigenvalue weighted by atomic mass is 10.0. The Morgan fingerprint density at radius 2 is 2.22 bits per heavy atom. The second-order valence-corrected chi connectivity index (χ2v) is 5.74. The second kappa shape index (κ2) is 6.32. The molecule has 0 aliphatic heterocycles. The topological polar surface area (TPSA) is 24.9 Å². The third-order valence-electron chi connectivity index (χ3n) is 2.92. The minimum Gasteiger partial charge on any atom is -0.306 e. The van der Waals surface area contributed by atoms with Gasteiger partial charge in [0.1, 0.15) is 0 Å². The van der Waals surface area contributed by atoms with Gasteiger partial charge in [0, 0.05) is 17.3 Å². The van der Waals surface area contributed by atoms with Crippen LogP contribution in [0, 0.1) is 6.92 Å². The molecule has 18 heavy (non-hydrogen) atoms. The standard InChI is InChI=1S/C14H17ClN2S/c1-3-6-17-14(11-5-8-18-10(11)2)12-4-7-16-9-13(12)15/h4-5,7-9,14,17H,3,6H2,1-2H3. The normalized spacial score (nSPS) is 12.6. The van der Waals surface area contributed by atoms with Gasteiger partial charge >= 0.3 is 0 Å². The molecule has 2 heterocycles. The van der Waals surface area contributed by atoms with E-state index in [9.17, 15) is 0 Å². The summed E-state index contributed by atoms with van der Waals surface area (Å²) in [7, 11) is 0. The summed E-state index contributed by atoms with van der Waals surface area (Å²) >= 11 is 8.04. The molecule has 1 unspecified atom stereocenters. The molecule has 0 bridgehead atoms. The predicted octanol–water partition coefficient (Wildman–Crippen LogP) is 4.19. The molecule has 96 valence electrons. The van der Waals surface area contributed by atoms with Gasteiger partial charge in [-0.1, -0.05) is 18.5 Å². The number of halogens is 1. The summed E-state index contributed by atoms with van der Waals surface area (Å²) in [6.45, 7) is 5.28. The molecule has 0 aliphatic carbocycles. The van der Waals surface area contributed by atoms with Gasteiger partial charge in [0.05, 0.1) is 11.1 Å². The average Bonchev–Trinajstić information content (AvgIpc) is 2.78. The number of nitrogens with zero attached hydrogens (tertiary/aromatic N) is 1. The number of rotatable bonds is 5. The van der Waals surface area contributed by atoms with Crippen LogP contribution >= 0.6 is 22.9 Å². The van der Waals surface area contributed by atoms with Gasteiger partial charge in [-0.15, -0.1) is 11.3 Å². The SMILES string of the molecule is CCCNC(c1ccncc1Cl)c1ccsc1C. The third-order valence-corrected chi connectivity index (χ3v) is 4.10. The molecule has 0 spiro atoms. The van der Waals surface area contributed by atoms with Crippen LogP contribution in [0.15, 0.2) is 29.9 Å². The Morgan fingerprint density at radius 1 is 1.39 bits per heavy atom. The Bertz CT molecular complexity index is 510. The highest BCUT2D eigenvalue weighted by Crippen LogP contribution is 2.31. The number of pyridine rings is 1.